The molecule has 0 spiro atoms. The van der Waals surface area contributed by atoms with E-state index in [1.807, 2.05) is 4.90 Å². The molecule has 2 fully saturated rings. The number of benzene rings is 1. The number of halogens is 4. The fraction of sp³-hybridized carbons (Fsp3) is 0.474. The number of ether oxygens (including phenoxy) is 1. The van der Waals surface area contributed by atoms with Gasteiger partial charge in [-0.15, -0.1) is 13.2 Å². The molecule has 0 bridgehead atoms. The Hall–Kier alpha value is -2.06. The molecule has 1 saturated carbocycles. The van der Waals surface area contributed by atoms with E-state index in [-0.39, 0.29) is 5.75 Å². The van der Waals surface area contributed by atoms with Crippen LogP contribution in [0.4, 0.5) is 19.0 Å². The Morgan fingerprint density at radius 1 is 1.14 bits per heavy atom. The molecule has 5 nitrogen and oxygen atoms in total. The lowest BCUT2D eigenvalue weighted by Gasteiger charge is -2.39. The summed E-state index contributed by atoms with van der Waals surface area (Å²) >= 11 is 6.13. The van der Waals surface area contributed by atoms with E-state index >= 15 is 0 Å². The zero-order valence-corrected chi connectivity index (χ0v) is 15.7. The Morgan fingerprint density at radius 2 is 1.86 bits per heavy atom. The molecule has 1 aromatic heterocycles. The Labute approximate surface area is 165 Å². The summed E-state index contributed by atoms with van der Waals surface area (Å²) in [5.41, 5.74) is -0.814. The minimum absolute atomic E-state index is 0.336. The second-order valence-electron chi connectivity index (χ2n) is 7.28. The van der Waals surface area contributed by atoms with Crippen molar-refractivity contribution in [3.8, 4) is 5.75 Å². The average Bonchev–Trinajstić information content (AvgIpc) is 3.46. The van der Waals surface area contributed by atoms with Crippen LogP contribution in [-0.2, 0) is 5.60 Å². The van der Waals surface area contributed by atoms with Crippen LogP contribution in [0.3, 0.4) is 0 Å². The average molecular weight is 414 g/mol. The van der Waals surface area contributed by atoms with Gasteiger partial charge in [-0.25, -0.2) is 9.97 Å². The van der Waals surface area contributed by atoms with Crippen molar-refractivity contribution in [3.63, 3.8) is 0 Å². The Balaban J connectivity index is 1.48. The van der Waals surface area contributed by atoms with E-state index < -0.39 is 12.0 Å². The molecule has 2 aliphatic rings. The standard InChI is InChI=1S/C19H19ClF3N3O2/c20-15-11-16(25-17(24-15)12-4-5-12)26-8-6-18(27,7-9-26)13-2-1-3-14(10-13)28-19(21,22)23/h1-3,10-12,27H,4-9H2. The molecule has 1 aromatic carbocycles. The van der Waals surface area contributed by atoms with Gasteiger partial charge >= 0.3 is 6.36 Å². The molecule has 28 heavy (non-hydrogen) atoms. The number of piperidine rings is 1. The Bertz CT molecular complexity index is 866. The van der Waals surface area contributed by atoms with Gasteiger partial charge in [-0.1, -0.05) is 23.7 Å². The Kier molecular flexibility index (Phi) is 4.87. The molecule has 150 valence electrons. The molecular formula is C19H19ClF3N3O2. The third-order valence-electron chi connectivity index (χ3n) is 5.16. The van der Waals surface area contributed by atoms with E-state index in [0.29, 0.717) is 42.6 Å². The number of aromatic nitrogens is 2. The summed E-state index contributed by atoms with van der Waals surface area (Å²) in [5, 5.41) is 11.4. The van der Waals surface area contributed by atoms with E-state index in [9.17, 15) is 18.3 Å². The first-order valence-electron chi connectivity index (χ1n) is 9.10. The summed E-state index contributed by atoms with van der Waals surface area (Å²) in [6, 6.07) is 7.24. The summed E-state index contributed by atoms with van der Waals surface area (Å²) in [4.78, 5) is 10.9. The number of anilines is 1. The molecule has 9 heteroatoms. The summed E-state index contributed by atoms with van der Waals surface area (Å²) in [7, 11) is 0. The summed E-state index contributed by atoms with van der Waals surface area (Å²) in [5.74, 6) is 1.51. The first kappa shape index (κ1) is 19.3. The molecule has 0 radical (unpaired) electrons. The zero-order chi connectivity index (χ0) is 19.9. The first-order valence-corrected chi connectivity index (χ1v) is 9.48. The summed E-state index contributed by atoms with van der Waals surface area (Å²) in [6.07, 6.45) is -1.94. The summed E-state index contributed by atoms with van der Waals surface area (Å²) < 4.78 is 41.4. The number of hydrogen-bond acceptors (Lipinski definition) is 5. The van der Waals surface area contributed by atoms with Crippen LogP contribution in [0.25, 0.3) is 0 Å². The molecule has 1 N–H and O–H groups in total. The number of nitrogens with zero attached hydrogens (tertiary/aromatic N) is 3. The lowest BCUT2D eigenvalue weighted by molar-refractivity contribution is -0.274. The van der Waals surface area contributed by atoms with Crippen molar-refractivity contribution in [1.82, 2.24) is 9.97 Å². The smallest absolute Gasteiger partial charge is 0.406 e. The molecule has 1 aliphatic carbocycles. The van der Waals surface area contributed by atoms with Gasteiger partial charge in [-0.2, -0.15) is 0 Å². The second-order valence-corrected chi connectivity index (χ2v) is 7.66. The van der Waals surface area contributed by atoms with Crippen LogP contribution in [0, 0.1) is 0 Å². The number of rotatable bonds is 4. The predicted molar refractivity (Wildman–Crippen MR) is 97.5 cm³/mol. The second kappa shape index (κ2) is 7.08. The lowest BCUT2D eigenvalue weighted by Crippen LogP contribution is -2.43. The van der Waals surface area contributed by atoms with E-state index in [1.165, 1.54) is 18.2 Å². The van der Waals surface area contributed by atoms with Gasteiger partial charge in [-0.3, -0.25) is 0 Å². The van der Waals surface area contributed by atoms with Gasteiger partial charge in [0.1, 0.15) is 22.5 Å². The van der Waals surface area contributed by atoms with Crippen LogP contribution < -0.4 is 9.64 Å². The SMILES string of the molecule is OC1(c2cccc(OC(F)(F)F)c2)CCN(c2cc(Cl)nc(C3CC3)n2)CC1. The highest BCUT2D eigenvalue weighted by Gasteiger charge is 2.36. The molecular weight excluding hydrogens is 395 g/mol. The fourth-order valence-electron chi connectivity index (χ4n) is 3.49. The van der Waals surface area contributed by atoms with Crippen molar-refractivity contribution < 1.29 is 23.0 Å². The quantitative estimate of drug-likeness (QED) is 0.753. The van der Waals surface area contributed by atoms with Crippen molar-refractivity contribution in [1.29, 1.82) is 0 Å². The third kappa shape index (κ3) is 4.33. The number of aliphatic hydroxyl groups is 1. The molecule has 0 atom stereocenters. The van der Waals surface area contributed by atoms with Crippen LogP contribution in [0.15, 0.2) is 30.3 Å². The fourth-order valence-corrected chi connectivity index (χ4v) is 3.67. The van der Waals surface area contributed by atoms with Crippen LogP contribution in [0.2, 0.25) is 5.15 Å². The topological polar surface area (TPSA) is 58.5 Å². The predicted octanol–water partition coefficient (Wildman–Crippen LogP) is 4.39. The highest BCUT2D eigenvalue weighted by atomic mass is 35.5. The molecule has 2 heterocycles. The van der Waals surface area contributed by atoms with Crippen molar-refractivity contribution in [2.45, 2.75) is 43.6 Å². The van der Waals surface area contributed by atoms with Crippen molar-refractivity contribution in [2.75, 3.05) is 18.0 Å². The number of hydrogen-bond donors (Lipinski definition) is 1. The van der Waals surface area contributed by atoms with Gasteiger partial charge in [0.25, 0.3) is 0 Å². The number of alkyl halides is 3. The van der Waals surface area contributed by atoms with Crippen LogP contribution in [0.5, 0.6) is 5.75 Å². The van der Waals surface area contributed by atoms with E-state index in [4.69, 9.17) is 11.6 Å². The van der Waals surface area contributed by atoms with Crippen LogP contribution in [0.1, 0.15) is 43.0 Å². The summed E-state index contributed by atoms with van der Waals surface area (Å²) in [6.45, 7) is 0.997. The van der Waals surface area contributed by atoms with Gasteiger partial charge in [-0.05, 0) is 43.4 Å². The maximum Gasteiger partial charge on any atom is 0.573 e. The van der Waals surface area contributed by atoms with Crippen LogP contribution in [-0.4, -0.2) is 34.5 Å². The molecule has 0 amide bonds. The highest BCUT2D eigenvalue weighted by Crippen LogP contribution is 2.40. The van der Waals surface area contributed by atoms with Crippen molar-refractivity contribution in [2.24, 2.45) is 0 Å². The maximum absolute atomic E-state index is 12.5. The minimum atomic E-state index is -4.77. The lowest BCUT2D eigenvalue weighted by atomic mass is 9.84. The van der Waals surface area contributed by atoms with Crippen LogP contribution >= 0.6 is 11.6 Å². The van der Waals surface area contributed by atoms with E-state index in [2.05, 4.69) is 14.7 Å². The third-order valence-corrected chi connectivity index (χ3v) is 5.35. The zero-order valence-electron chi connectivity index (χ0n) is 14.9. The van der Waals surface area contributed by atoms with E-state index in [0.717, 1.165) is 24.5 Å². The Morgan fingerprint density at radius 3 is 2.50 bits per heavy atom. The highest BCUT2D eigenvalue weighted by molar-refractivity contribution is 6.29. The van der Waals surface area contributed by atoms with Gasteiger partial charge < -0.3 is 14.7 Å². The normalized spacial score (nSPS) is 19.5. The van der Waals surface area contributed by atoms with Gasteiger partial charge in [0, 0.05) is 25.1 Å². The molecule has 0 unspecified atom stereocenters. The largest absolute Gasteiger partial charge is 0.573 e. The van der Waals surface area contributed by atoms with Crippen molar-refractivity contribution >= 4 is 17.4 Å². The molecule has 2 aromatic rings. The first-order chi connectivity index (χ1) is 13.2. The van der Waals surface area contributed by atoms with Gasteiger partial charge in [0.2, 0.25) is 0 Å². The maximum atomic E-state index is 12.5. The van der Waals surface area contributed by atoms with Crippen molar-refractivity contribution in [3.05, 3.63) is 46.9 Å². The monoisotopic (exact) mass is 413 g/mol. The molecule has 1 aliphatic heterocycles. The van der Waals surface area contributed by atoms with E-state index in [1.54, 1.807) is 12.1 Å². The van der Waals surface area contributed by atoms with Gasteiger partial charge in [0.15, 0.2) is 0 Å². The molecule has 1 saturated heterocycles. The minimum Gasteiger partial charge on any atom is -0.406 e. The van der Waals surface area contributed by atoms with Gasteiger partial charge in [0.05, 0.1) is 5.60 Å². The molecule has 4 rings (SSSR count).